The second kappa shape index (κ2) is 10.0. The molecule has 1 amide bonds. The molecule has 0 bridgehead atoms. The molecule has 2 aromatic carbocycles. The van der Waals surface area contributed by atoms with Gasteiger partial charge >= 0.3 is 6.09 Å². The second-order valence-electron chi connectivity index (χ2n) is 9.32. The van der Waals surface area contributed by atoms with Crippen LogP contribution in [-0.4, -0.2) is 53.8 Å². The monoisotopic (exact) mass is 435 g/mol. The van der Waals surface area contributed by atoms with Crippen molar-refractivity contribution in [3.8, 4) is 0 Å². The summed E-state index contributed by atoms with van der Waals surface area (Å²) in [5, 5.41) is 3.86. The third kappa shape index (κ3) is 6.20. The molecule has 0 radical (unpaired) electrons. The molecule has 3 rings (SSSR count). The molecule has 1 N–H and O–H groups in total. The first-order valence-electron chi connectivity index (χ1n) is 11.0. The summed E-state index contributed by atoms with van der Waals surface area (Å²) in [7, 11) is 4.07. The van der Waals surface area contributed by atoms with Crippen molar-refractivity contribution in [2.75, 3.05) is 20.6 Å². The van der Waals surface area contributed by atoms with E-state index in [1.54, 1.807) is 25.3 Å². The number of hydrogen-bond acceptors (Lipinski definition) is 4. The molecule has 32 heavy (non-hydrogen) atoms. The topological polar surface area (TPSA) is 63.6 Å². The number of alkyl carbamates (subject to hydrolysis) is 1. The molecule has 0 saturated carbocycles. The lowest BCUT2D eigenvalue weighted by molar-refractivity contribution is 0.0483. The molecule has 170 valence electrons. The van der Waals surface area contributed by atoms with Crippen molar-refractivity contribution in [3.63, 3.8) is 0 Å². The zero-order valence-corrected chi connectivity index (χ0v) is 19.6. The molecule has 0 aliphatic carbocycles. The SMILES string of the molecule is CN(C)CCc1cn(C(=O)[C@H](Cc2ccccc2)NC(=O)OC(C)(C)C)c2ccccc12. The largest absolute Gasteiger partial charge is 0.444 e. The van der Waals surface area contributed by atoms with Gasteiger partial charge in [-0.15, -0.1) is 0 Å². The summed E-state index contributed by atoms with van der Waals surface area (Å²) in [4.78, 5) is 28.4. The number of carbonyl (C=O) groups is 2. The fourth-order valence-corrected chi connectivity index (χ4v) is 3.64. The number of carbonyl (C=O) groups excluding carboxylic acids is 2. The molecule has 0 spiro atoms. The quantitative estimate of drug-likeness (QED) is 0.593. The summed E-state index contributed by atoms with van der Waals surface area (Å²) in [5.74, 6) is -0.188. The highest BCUT2D eigenvalue weighted by molar-refractivity contribution is 5.97. The number of aromatic nitrogens is 1. The van der Waals surface area contributed by atoms with Crippen molar-refractivity contribution in [1.82, 2.24) is 14.8 Å². The predicted molar refractivity (Wildman–Crippen MR) is 128 cm³/mol. The number of para-hydroxylation sites is 1. The standard InChI is InChI=1S/C26H33N3O3/c1-26(2,3)32-25(31)27-22(17-19-11-7-6-8-12-19)24(30)29-18-20(15-16-28(4)5)21-13-9-10-14-23(21)29/h6-14,18,22H,15-17H2,1-5H3,(H,27,31)/t22-/m0/s1. The van der Waals surface area contributed by atoms with Crippen LogP contribution in [0, 0.1) is 0 Å². The van der Waals surface area contributed by atoms with Crippen LogP contribution < -0.4 is 5.32 Å². The Labute approximate surface area is 190 Å². The van der Waals surface area contributed by atoms with E-state index in [1.807, 2.05) is 74.9 Å². The third-order valence-corrected chi connectivity index (χ3v) is 5.13. The van der Waals surface area contributed by atoms with Crippen molar-refractivity contribution >= 4 is 22.9 Å². The smallest absolute Gasteiger partial charge is 0.408 e. The minimum Gasteiger partial charge on any atom is -0.444 e. The lowest BCUT2D eigenvalue weighted by atomic mass is 10.1. The van der Waals surface area contributed by atoms with E-state index in [2.05, 4.69) is 10.2 Å². The van der Waals surface area contributed by atoms with Gasteiger partial charge in [0.15, 0.2) is 0 Å². The molecule has 6 nitrogen and oxygen atoms in total. The number of rotatable bonds is 7. The number of nitrogens with one attached hydrogen (secondary N) is 1. The summed E-state index contributed by atoms with van der Waals surface area (Å²) >= 11 is 0. The molecular formula is C26H33N3O3. The first kappa shape index (κ1) is 23.5. The van der Waals surface area contributed by atoms with Gasteiger partial charge in [-0.3, -0.25) is 9.36 Å². The van der Waals surface area contributed by atoms with Gasteiger partial charge in [-0.1, -0.05) is 48.5 Å². The van der Waals surface area contributed by atoms with Gasteiger partial charge in [0.1, 0.15) is 11.6 Å². The number of amides is 1. The van der Waals surface area contributed by atoms with E-state index < -0.39 is 17.7 Å². The number of likely N-dealkylation sites (N-methyl/N-ethyl adjacent to an activating group) is 1. The van der Waals surface area contributed by atoms with E-state index in [-0.39, 0.29) is 5.91 Å². The van der Waals surface area contributed by atoms with Crippen LogP contribution in [0.2, 0.25) is 0 Å². The van der Waals surface area contributed by atoms with Crippen LogP contribution >= 0.6 is 0 Å². The average molecular weight is 436 g/mol. The van der Waals surface area contributed by atoms with Crippen molar-refractivity contribution in [1.29, 1.82) is 0 Å². The molecule has 3 aromatic rings. The van der Waals surface area contributed by atoms with Gasteiger partial charge in [0.25, 0.3) is 5.91 Å². The van der Waals surface area contributed by atoms with Crippen LogP contribution in [0.4, 0.5) is 4.79 Å². The van der Waals surface area contributed by atoms with Gasteiger partial charge in [0.2, 0.25) is 0 Å². The van der Waals surface area contributed by atoms with Crippen LogP contribution in [0.5, 0.6) is 0 Å². The Morgan fingerprint density at radius 3 is 2.34 bits per heavy atom. The van der Waals surface area contributed by atoms with Gasteiger partial charge in [0.05, 0.1) is 5.52 Å². The number of nitrogens with zero attached hydrogens (tertiary/aromatic N) is 2. The number of ether oxygens (including phenoxy) is 1. The molecule has 0 saturated heterocycles. The van der Waals surface area contributed by atoms with Crippen LogP contribution in [0.25, 0.3) is 10.9 Å². The Hall–Kier alpha value is -3.12. The summed E-state index contributed by atoms with van der Waals surface area (Å²) in [6, 6.07) is 16.8. The predicted octanol–water partition coefficient (Wildman–Crippen LogP) is 4.52. The Morgan fingerprint density at radius 2 is 1.69 bits per heavy atom. The number of fused-ring (bicyclic) bond motifs is 1. The molecule has 1 heterocycles. The van der Waals surface area contributed by atoms with Gasteiger partial charge < -0.3 is 15.0 Å². The van der Waals surface area contributed by atoms with Crippen molar-refractivity contribution in [2.45, 2.75) is 45.3 Å². The van der Waals surface area contributed by atoms with Crippen LogP contribution in [0.15, 0.2) is 60.8 Å². The van der Waals surface area contributed by atoms with E-state index in [1.165, 1.54) is 0 Å². The summed E-state index contributed by atoms with van der Waals surface area (Å²) < 4.78 is 7.10. The first-order chi connectivity index (χ1) is 15.1. The number of hydrogen-bond donors (Lipinski definition) is 1. The Bertz CT molecular complexity index is 1060. The average Bonchev–Trinajstić information content (AvgIpc) is 3.09. The highest BCUT2D eigenvalue weighted by Gasteiger charge is 2.27. The third-order valence-electron chi connectivity index (χ3n) is 5.13. The molecule has 0 aliphatic rings. The summed E-state index contributed by atoms with van der Waals surface area (Å²) in [6.45, 7) is 6.29. The minimum absolute atomic E-state index is 0.188. The van der Waals surface area contributed by atoms with E-state index in [9.17, 15) is 9.59 Å². The van der Waals surface area contributed by atoms with Gasteiger partial charge in [-0.25, -0.2) is 4.79 Å². The maximum Gasteiger partial charge on any atom is 0.408 e. The Kier molecular flexibility index (Phi) is 7.36. The van der Waals surface area contributed by atoms with Crippen LogP contribution in [0.1, 0.15) is 36.7 Å². The molecule has 1 atom stereocenters. The van der Waals surface area contributed by atoms with Crippen LogP contribution in [-0.2, 0) is 17.6 Å². The van der Waals surface area contributed by atoms with Gasteiger partial charge in [0, 0.05) is 24.5 Å². The van der Waals surface area contributed by atoms with Crippen LogP contribution in [0.3, 0.4) is 0 Å². The van der Waals surface area contributed by atoms with Crippen molar-refractivity contribution in [2.24, 2.45) is 0 Å². The van der Waals surface area contributed by atoms with E-state index in [0.717, 1.165) is 35.0 Å². The lowest BCUT2D eigenvalue weighted by Gasteiger charge is -2.23. The fourth-order valence-electron chi connectivity index (χ4n) is 3.64. The zero-order valence-electron chi connectivity index (χ0n) is 19.6. The molecule has 1 aromatic heterocycles. The highest BCUT2D eigenvalue weighted by atomic mass is 16.6. The van der Waals surface area contributed by atoms with Crippen molar-refractivity contribution < 1.29 is 14.3 Å². The normalized spacial score (nSPS) is 12.7. The molecule has 0 aliphatic heterocycles. The van der Waals surface area contributed by atoms with E-state index in [4.69, 9.17) is 4.74 Å². The van der Waals surface area contributed by atoms with E-state index >= 15 is 0 Å². The number of benzene rings is 2. The molecule has 0 unspecified atom stereocenters. The highest BCUT2D eigenvalue weighted by Crippen LogP contribution is 2.23. The minimum atomic E-state index is -0.759. The molecular weight excluding hydrogens is 402 g/mol. The van der Waals surface area contributed by atoms with E-state index in [0.29, 0.717) is 6.42 Å². The maximum absolute atomic E-state index is 13.7. The molecule has 0 fully saturated rings. The second-order valence-corrected chi connectivity index (χ2v) is 9.32. The Balaban J connectivity index is 1.94. The fraction of sp³-hybridized carbons (Fsp3) is 0.385. The molecule has 6 heteroatoms. The lowest BCUT2D eigenvalue weighted by Crippen LogP contribution is -2.46. The summed E-state index contributed by atoms with van der Waals surface area (Å²) in [6.07, 6.45) is 2.51. The first-order valence-corrected chi connectivity index (χ1v) is 11.0. The Morgan fingerprint density at radius 1 is 1.03 bits per heavy atom. The summed E-state index contributed by atoms with van der Waals surface area (Å²) in [5.41, 5.74) is 2.27. The zero-order chi connectivity index (χ0) is 23.3. The maximum atomic E-state index is 13.7. The van der Waals surface area contributed by atoms with Gasteiger partial charge in [-0.2, -0.15) is 0 Å². The van der Waals surface area contributed by atoms with Gasteiger partial charge in [-0.05, 0) is 58.5 Å². The van der Waals surface area contributed by atoms with Crippen molar-refractivity contribution in [3.05, 3.63) is 71.9 Å².